The molecule has 1 N–H and O–H groups in total. The second-order valence-electron chi connectivity index (χ2n) is 9.59. The van der Waals surface area contributed by atoms with E-state index >= 15 is 0 Å². The van der Waals surface area contributed by atoms with Crippen molar-refractivity contribution >= 4 is 44.1 Å². The Balaban J connectivity index is 1.65. The van der Waals surface area contributed by atoms with Gasteiger partial charge in [0.05, 0.1) is 35.5 Å². The largest absolute Gasteiger partial charge is 0.507 e. The maximum atomic E-state index is 13.6. The van der Waals surface area contributed by atoms with Gasteiger partial charge in [-0.1, -0.05) is 42.9 Å². The minimum atomic E-state index is -0.862. The van der Waals surface area contributed by atoms with Crippen LogP contribution in [0, 0.1) is 13.8 Å². The van der Waals surface area contributed by atoms with Crippen molar-refractivity contribution < 1.29 is 24.2 Å². The van der Waals surface area contributed by atoms with Crippen LogP contribution < -0.4 is 14.4 Å². The molecule has 1 atom stereocenters. The van der Waals surface area contributed by atoms with Crippen molar-refractivity contribution in [1.82, 2.24) is 4.98 Å². The molecule has 8 heteroatoms. The zero-order chi connectivity index (χ0) is 27.7. The van der Waals surface area contributed by atoms with Crippen molar-refractivity contribution in [3.05, 3.63) is 88.5 Å². The number of hydrogen-bond acceptors (Lipinski definition) is 7. The number of carbonyl (C=O) groups is 2. The summed E-state index contributed by atoms with van der Waals surface area (Å²) in [4.78, 5) is 33.3. The van der Waals surface area contributed by atoms with E-state index in [1.807, 2.05) is 50.2 Å². The Morgan fingerprint density at radius 1 is 1.03 bits per heavy atom. The van der Waals surface area contributed by atoms with Gasteiger partial charge >= 0.3 is 5.91 Å². The molecule has 5 rings (SSSR count). The lowest BCUT2D eigenvalue weighted by atomic mass is 9.95. The molecular formula is C31H30N2O5S. The van der Waals surface area contributed by atoms with Gasteiger partial charge in [0.15, 0.2) is 5.13 Å². The van der Waals surface area contributed by atoms with Gasteiger partial charge < -0.3 is 14.6 Å². The molecule has 0 bridgehead atoms. The molecule has 39 heavy (non-hydrogen) atoms. The first kappa shape index (κ1) is 26.4. The van der Waals surface area contributed by atoms with E-state index in [1.54, 1.807) is 31.4 Å². The summed E-state index contributed by atoms with van der Waals surface area (Å²) in [6, 6.07) is 17.2. The highest BCUT2D eigenvalue weighted by atomic mass is 32.1. The molecule has 0 saturated carbocycles. The van der Waals surface area contributed by atoms with Crippen molar-refractivity contribution in [1.29, 1.82) is 0 Å². The molecule has 1 amide bonds. The third kappa shape index (κ3) is 5.00. The average Bonchev–Trinajstić information content (AvgIpc) is 3.47. The number of aryl methyl sites for hydroxylation is 2. The van der Waals surface area contributed by atoms with Gasteiger partial charge in [-0.05, 0) is 79.4 Å². The molecule has 1 unspecified atom stereocenters. The lowest BCUT2D eigenvalue weighted by molar-refractivity contribution is -0.132. The third-order valence-electron chi connectivity index (χ3n) is 6.79. The first-order chi connectivity index (χ1) is 18.8. The van der Waals surface area contributed by atoms with Gasteiger partial charge in [-0.25, -0.2) is 4.98 Å². The van der Waals surface area contributed by atoms with E-state index in [4.69, 9.17) is 14.5 Å². The summed E-state index contributed by atoms with van der Waals surface area (Å²) >= 11 is 1.35. The zero-order valence-electron chi connectivity index (χ0n) is 22.4. The fraction of sp³-hybridized carbons (Fsp3) is 0.258. The summed E-state index contributed by atoms with van der Waals surface area (Å²) in [5.41, 5.74) is 3.96. The quantitative estimate of drug-likeness (QED) is 0.115. The van der Waals surface area contributed by atoms with Crippen LogP contribution in [0.2, 0.25) is 0 Å². The Labute approximate surface area is 231 Å². The highest BCUT2D eigenvalue weighted by Gasteiger charge is 2.48. The molecule has 200 valence electrons. The number of fused-ring (bicyclic) bond motifs is 1. The maximum absolute atomic E-state index is 13.6. The number of aliphatic hydroxyl groups is 1. The van der Waals surface area contributed by atoms with Crippen LogP contribution in [0.4, 0.5) is 5.13 Å². The second kappa shape index (κ2) is 10.9. The van der Waals surface area contributed by atoms with Gasteiger partial charge in [-0.15, -0.1) is 0 Å². The van der Waals surface area contributed by atoms with E-state index < -0.39 is 17.7 Å². The predicted molar refractivity (Wildman–Crippen MR) is 154 cm³/mol. The van der Waals surface area contributed by atoms with Crippen LogP contribution in [0.3, 0.4) is 0 Å². The molecule has 2 heterocycles. The van der Waals surface area contributed by atoms with E-state index in [0.29, 0.717) is 34.4 Å². The van der Waals surface area contributed by atoms with Crippen LogP contribution >= 0.6 is 11.3 Å². The van der Waals surface area contributed by atoms with E-state index in [1.165, 1.54) is 16.2 Å². The minimum Gasteiger partial charge on any atom is -0.507 e. The Morgan fingerprint density at radius 3 is 2.38 bits per heavy atom. The molecule has 0 aliphatic carbocycles. The number of carbonyl (C=O) groups excluding carboxylic acids is 2. The topological polar surface area (TPSA) is 89.0 Å². The molecule has 1 fully saturated rings. The summed E-state index contributed by atoms with van der Waals surface area (Å²) in [5.74, 6) is -0.428. The fourth-order valence-corrected chi connectivity index (χ4v) is 5.96. The number of rotatable bonds is 8. The summed E-state index contributed by atoms with van der Waals surface area (Å²) in [7, 11) is 1.55. The van der Waals surface area contributed by atoms with Crippen molar-refractivity contribution in [2.24, 2.45) is 0 Å². The lowest BCUT2D eigenvalue weighted by Gasteiger charge is -2.23. The molecule has 1 aliphatic rings. The summed E-state index contributed by atoms with van der Waals surface area (Å²) in [6.07, 6.45) is 1.97. The van der Waals surface area contributed by atoms with Crippen LogP contribution in [0.15, 0.2) is 66.2 Å². The van der Waals surface area contributed by atoms with Crippen molar-refractivity contribution in [3.8, 4) is 11.5 Å². The van der Waals surface area contributed by atoms with Crippen LogP contribution in [-0.2, 0) is 9.59 Å². The van der Waals surface area contributed by atoms with E-state index in [-0.39, 0.29) is 11.3 Å². The number of thiazole rings is 1. The highest BCUT2D eigenvalue weighted by Crippen LogP contribution is 2.45. The lowest BCUT2D eigenvalue weighted by Crippen LogP contribution is -2.29. The first-order valence-electron chi connectivity index (χ1n) is 12.9. The van der Waals surface area contributed by atoms with Crippen molar-refractivity contribution in [3.63, 3.8) is 0 Å². The molecule has 1 aromatic heterocycles. The Kier molecular flexibility index (Phi) is 7.39. The van der Waals surface area contributed by atoms with Gasteiger partial charge in [0.2, 0.25) is 0 Å². The Hall–Kier alpha value is -4.17. The number of methoxy groups -OCH3 is 1. The van der Waals surface area contributed by atoms with Gasteiger partial charge in [0.25, 0.3) is 5.78 Å². The molecule has 0 radical (unpaired) electrons. The summed E-state index contributed by atoms with van der Waals surface area (Å²) < 4.78 is 12.0. The van der Waals surface area contributed by atoms with Gasteiger partial charge in [0, 0.05) is 5.56 Å². The number of nitrogens with zero attached hydrogens (tertiary/aromatic N) is 2. The number of hydrogen-bond donors (Lipinski definition) is 1. The van der Waals surface area contributed by atoms with Crippen LogP contribution in [0.1, 0.15) is 48.1 Å². The minimum absolute atomic E-state index is 0.0111. The third-order valence-corrected chi connectivity index (χ3v) is 7.80. The number of aliphatic hydroxyl groups excluding tert-OH is 1. The predicted octanol–water partition coefficient (Wildman–Crippen LogP) is 6.73. The number of unbranched alkanes of at least 4 members (excludes halogenated alkanes) is 1. The number of ether oxygens (including phenoxy) is 2. The second-order valence-corrected chi connectivity index (χ2v) is 10.6. The van der Waals surface area contributed by atoms with E-state index in [2.05, 4.69) is 6.92 Å². The van der Waals surface area contributed by atoms with Crippen LogP contribution in [0.5, 0.6) is 11.5 Å². The number of benzene rings is 3. The molecule has 3 aromatic carbocycles. The average molecular weight is 543 g/mol. The maximum Gasteiger partial charge on any atom is 0.301 e. The number of Topliss-reactive ketones (excluding diaryl/α,β-unsaturated/α-hetero) is 1. The Morgan fingerprint density at radius 2 is 1.72 bits per heavy atom. The molecule has 0 spiro atoms. The molecule has 7 nitrogen and oxygen atoms in total. The molecular weight excluding hydrogens is 512 g/mol. The standard InChI is InChI=1S/C31H30N2O5S/c1-5-6-15-38-23-13-7-20(8-14-23)27-25(28(34)21-9-11-22(37-4)12-10-21)29(35)30(36)33(27)31-32-26-19(3)16-18(2)17-24(26)39-31/h7-14,16-17,27,34H,5-6,15H2,1-4H3/b28-25+. The first-order valence-corrected chi connectivity index (χ1v) is 13.7. The smallest absolute Gasteiger partial charge is 0.301 e. The number of ketones is 1. The molecule has 4 aromatic rings. The summed E-state index contributed by atoms with van der Waals surface area (Å²) in [5, 5.41) is 11.8. The van der Waals surface area contributed by atoms with Gasteiger partial charge in [-0.2, -0.15) is 0 Å². The van der Waals surface area contributed by atoms with Crippen molar-refractivity contribution in [2.45, 2.75) is 39.7 Å². The Bertz CT molecular complexity index is 1570. The van der Waals surface area contributed by atoms with Crippen molar-refractivity contribution in [2.75, 3.05) is 18.6 Å². The normalized spacial score (nSPS) is 16.7. The molecule has 1 saturated heterocycles. The fourth-order valence-electron chi connectivity index (χ4n) is 4.79. The SMILES string of the molecule is CCCCOc1ccc(C2/C(=C(\O)c3ccc(OC)cc3)C(=O)C(=O)N2c2nc3c(C)cc(C)cc3s2)cc1. The van der Waals surface area contributed by atoms with E-state index in [9.17, 15) is 14.7 Å². The number of amides is 1. The van der Waals surface area contributed by atoms with Crippen LogP contribution in [0.25, 0.3) is 16.0 Å². The monoisotopic (exact) mass is 542 g/mol. The highest BCUT2D eigenvalue weighted by molar-refractivity contribution is 7.22. The number of anilines is 1. The number of aromatic nitrogens is 1. The van der Waals surface area contributed by atoms with Gasteiger partial charge in [0.1, 0.15) is 17.3 Å². The van der Waals surface area contributed by atoms with Gasteiger partial charge in [-0.3, -0.25) is 14.5 Å². The zero-order valence-corrected chi connectivity index (χ0v) is 23.2. The van der Waals surface area contributed by atoms with E-state index in [0.717, 1.165) is 34.2 Å². The summed E-state index contributed by atoms with van der Waals surface area (Å²) in [6.45, 7) is 6.70. The molecule has 1 aliphatic heterocycles. The van der Waals surface area contributed by atoms with Crippen LogP contribution in [-0.4, -0.2) is 35.5 Å².